The molecule has 0 saturated heterocycles. The van der Waals surface area contributed by atoms with E-state index in [4.69, 9.17) is 9.47 Å². The summed E-state index contributed by atoms with van der Waals surface area (Å²) in [5, 5.41) is 3.13. The lowest BCUT2D eigenvalue weighted by atomic mass is 9.90. The van der Waals surface area contributed by atoms with Gasteiger partial charge < -0.3 is 14.8 Å². The third kappa shape index (κ3) is 4.63. The van der Waals surface area contributed by atoms with Gasteiger partial charge in [0.05, 0.1) is 19.6 Å². The number of esters is 1. The van der Waals surface area contributed by atoms with Gasteiger partial charge in [-0.1, -0.05) is 31.2 Å². The molecule has 26 heavy (non-hydrogen) atoms. The van der Waals surface area contributed by atoms with Crippen molar-refractivity contribution in [1.82, 2.24) is 0 Å². The Hall–Kier alpha value is -2.82. The predicted molar refractivity (Wildman–Crippen MR) is 102 cm³/mol. The average molecular weight is 355 g/mol. The summed E-state index contributed by atoms with van der Waals surface area (Å²) < 4.78 is 10.3. The molecule has 2 aromatic rings. The molecular weight excluding hydrogens is 330 g/mol. The van der Waals surface area contributed by atoms with Crippen LogP contribution in [0.5, 0.6) is 5.75 Å². The lowest BCUT2D eigenvalue weighted by Gasteiger charge is -2.24. The number of benzene rings is 2. The fourth-order valence-corrected chi connectivity index (χ4v) is 2.73. The number of Topliss-reactive ketones (excluding diaryl/α,β-unsaturated/α-hetero) is 1. The zero-order chi connectivity index (χ0) is 19.1. The van der Waals surface area contributed by atoms with Gasteiger partial charge in [-0.15, -0.1) is 0 Å². The van der Waals surface area contributed by atoms with Crippen molar-refractivity contribution in [2.24, 2.45) is 5.92 Å². The number of aryl methyl sites for hydroxylation is 1. The highest BCUT2D eigenvalue weighted by atomic mass is 16.5. The van der Waals surface area contributed by atoms with Crippen LogP contribution in [-0.4, -0.2) is 31.5 Å². The van der Waals surface area contributed by atoms with Crippen molar-refractivity contribution in [2.75, 3.05) is 19.0 Å². The number of hydrogen-bond acceptors (Lipinski definition) is 5. The van der Waals surface area contributed by atoms with Gasteiger partial charge >= 0.3 is 5.97 Å². The maximum Gasteiger partial charge on any atom is 0.329 e. The maximum atomic E-state index is 12.9. The summed E-state index contributed by atoms with van der Waals surface area (Å²) in [5.41, 5.74) is 2.22. The summed E-state index contributed by atoms with van der Waals surface area (Å²) in [5.74, 6) is -0.413. The first-order valence-electron chi connectivity index (χ1n) is 8.65. The Morgan fingerprint density at radius 3 is 2.31 bits per heavy atom. The number of rotatable bonds is 8. The molecule has 0 amide bonds. The van der Waals surface area contributed by atoms with E-state index in [0.717, 1.165) is 5.56 Å². The number of nitrogens with one attached hydrogen (secondary N) is 1. The topological polar surface area (TPSA) is 64.6 Å². The first-order chi connectivity index (χ1) is 12.5. The van der Waals surface area contributed by atoms with Crippen molar-refractivity contribution in [2.45, 2.75) is 26.8 Å². The van der Waals surface area contributed by atoms with Crippen LogP contribution in [0.2, 0.25) is 0 Å². The molecule has 0 aliphatic carbocycles. The number of carbonyl (C=O) groups excluding carboxylic acids is 2. The maximum absolute atomic E-state index is 12.9. The fourth-order valence-electron chi connectivity index (χ4n) is 2.73. The van der Waals surface area contributed by atoms with E-state index >= 15 is 0 Å². The standard InChI is InChI=1S/C21H25NO4/c1-5-26-21(24)19(22-16-10-12-17(25-4)13-11-16)15(3)20(23)18-9-7-6-8-14(18)2/h6-13,15,19,22H,5H2,1-4H3. The molecule has 138 valence electrons. The van der Waals surface area contributed by atoms with Crippen LogP contribution in [0.4, 0.5) is 5.69 Å². The highest BCUT2D eigenvalue weighted by Crippen LogP contribution is 2.22. The minimum atomic E-state index is -0.782. The molecule has 0 aromatic heterocycles. The van der Waals surface area contributed by atoms with Gasteiger partial charge in [-0.25, -0.2) is 4.79 Å². The number of methoxy groups -OCH3 is 1. The summed E-state index contributed by atoms with van der Waals surface area (Å²) >= 11 is 0. The van der Waals surface area contributed by atoms with Crippen LogP contribution >= 0.6 is 0 Å². The number of ketones is 1. The van der Waals surface area contributed by atoms with Crippen molar-refractivity contribution in [1.29, 1.82) is 0 Å². The Morgan fingerprint density at radius 2 is 1.73 bits per heavy atom. The van der Waals surface area contributed by atoms with Gasteiger partial charge in [-0.3, -0.25) is 4.79 Å². The fraction of sp³-hybridized carbons (Fsp3) is 0.333. The van der Waals surface area contributed by atoms with E-state index in [1.54, 1.807) is 51.3 Å². The van der Waals surface area contributed by atoms with E-state index in [2.05, 4.69) is 5.32 Å². The van der Waals surface area contributed by atoms with Gasteiger partial charge in [-0.05, 0) is 43.7 Å². The lowest BCUT2D eigenvalue weighted by Crippen LogP contribution is -2.41. The molecule has 5 heteroatoms. The van der Waals surface area contributed by atoms with E-state index in [1.807, 2.05) is 25.1 Å². The Morgan fingerprint density at radius 1 is 1.08 bits per heavy atom. The van der Waals surface area contributed by atoms with Crippen molar-refractivity contribution in [3.05, 3.63) is 59.7 Å². The molecule has 0 aliphatic rings. The number of anilines is 1. The minimum absolute atomic E-state index is 0.0952. The van der Waals surface area contributed by atoms with Gasteiger partial charge in [0.25, 0.3) is 0 Å². The molecule has 0 fully saturated rings. The SMILES string of the molecule is CCOC(=O)C(Nc1ccc(OC)cc1)C(C)C(=O)c1ccccc1C. The van der Waals surface area contributed by atoms with Crippen LogP contribution in [0.3, 0.4) is 0 Å². The van der Waals surface area contributed by atoms with E-state index in [1.165, 1.54) is 0 Å². The highest BCUT2D eigenvalue weighted by molar-refractivity contribution is 6.02. The van der Waals surface area contributed by atoms with Crippen molar-refractivity contribution in [3.63, 3.8) is 0 Å². The predicted octanol–water partition coefficient (Wildman–Crippen LogP) is 3.87. The van der Waals surface area contributed by atoms with E-state index < -0.39 is 17.9 Å². The molecule has 0 radical (unpaired) electrons. The highest BCUT2D eigenvalue weighted by Gasteiger charge is 2.32. The smallest absolute Gasteiger partial charge is 0.329 e. The summed E-state index contributed by atoms with van der Waals surface area (Å²) in [6, 6.07) is 13.8. The second kappa shape index (κ2) is 9.04. The number of hydrogen-bond donors (Lipinski definition) is 1. The number of ether oxygens (including phenoxy) is 2. The summed E-state index contributed by atoms with van der Waals surface area (Å²) in [6.45, 7) is 5.63. The monoisotopic (exact) mass is 355 g/mol. The average Bonchev–Trinajstić information content (AvgIpc) is 2.66. The normalized spacial score (nSPS) is 12.8. The molecule has 0 bridgehead atoms. The van der Waals surface area contributed by atoms with Crippen LogP contribution in [0, 0.1) is 12.8 Å². The van der Waals surface area contributed by atoms with Crippen LogP contribution < -0.4 is 10.1 Å². The molecule has 2 atom stereocenters. The van der Waals surface area contributed by atoms with Gasteiger partial charge in [0.2, 0.25) is 0 Å². The molecular formula is C21H25NO4. The van der Waals surface area contributed by atoms with Gasteiger partial charge in [-0.2, -0.15) is 0 Å². The second-order valence-electron chi connectivity index (χ2n) is 6.07. The molecule has 0 heterocycles. The number of carbonyl (C=O) groups is 2. The molecule has 5 nitrogen and oxygen atoms in total. The molecule has 2 unspecified atom stereocenters. The second-order valence-corrected chi connectivity index (χ2v) is 6.07. The van der Waals surface area contributed by atoms with Crippen molar-refractivity contribution >= 4 is 17.4 Å². The van der Waals surface area contributed by atoms with Crippen LogP contribution in [0.1, 0.15) is 29.8 Å². The summed E-state index contributed by atoms with van der Waals surface area (Å²) in [4.78, 5) is 25.4. The zero-order valence-electron chi connectivity index (χ0n) is 15.6. The third-order valence-corrected chi connectivity index (χ3v) is 4.28. The van der Waals surface area contributed by atoms with Crippen molar-refractivity contribution < 1.29 is 19.1 Å². The zero-order valence-corrected chi connectivity index (χ0v) is 15.6. The van der Waals surface area contributed by atoms with Gasteiger partial charge in [0.1, 0.15) is 11.8 Å². The Kier molecular flexibility index (Phi) is 6.78. The van der Waals surface area contributed by atoms with E-state index in [9.17, 15) is 9.59 Å². The first kappa shape index (κ1) is 19.5. The largest absolute Gasteiger partial charge is 0.497 e. The van der Waals surface area contributed by atoms with Crippen LogP contribution in [0.25, 0.3) is 0 Å². The molecule has 0 spiro atoms. The van der Waals surface area contributed by atoms with Gasteiger partial charge in [0, 0.05) is 11.3 Å². The third-order valence-electron chi connectivity index (χ3n) is 4.28. The summed E-state index contributed by atoms with van der Waals surface area (Å²) in [7, 11) is 1.59. The van der Waals surface area contributed by atoms with E-state index in [0.29, 0.717) is 17.0 Å². The Labute approximate surface area is 154 Å². The molecule has 0 saturated carbocycles. The Bertz CT molecular complexity index is 755. The van der Waals surface area contributed by atoms with Gasteiger partial charge in [0.15, 0.2) is 5.78 Å². The molecule has 0 aliphatic heterocycles. The van der Waals surface area contributed by atoms with Crippen molar-refractivity contribution in [3.8, 4) is 5.75 Å². The van der Waals surface area contributed by atoms with Crippen LogP contribution in [-0.2, 0) is 9.53 Å². The quantitative estimate of drug-likeness (QED) is 0.575. The lowest BCUT2D eigenvalue weighted by molar-refractivity contribution is -0.144. The Balaban J connectivity index is 2.26. The van der Waals surface area contributed by atoms with Crippen LogP contribution in [0.15, 0.2) is 48.5 Å². The minimum Gasteiger partial charge on any atom is -0.497 e. The first-order valence-corrected chi connectivity index (χ1v) is 8.65. The summed E-state index contributed by atoms with van der Waals surface area (Å²) in [6.07, 6.45) is 0. The molecule has 2 rings (SSSR count). The molecule has 2 aromatic carbocycles. The molecule has 1 N–H and O–H groups in total. The van der Waals surface area contributed by atoms with E-state index in [-0.39, 0.29) is 12.4 Å².